The van der Waals surface area contributed by atoms with Crippen molar-refractivity contribution in [3.8, 4) is 0 Å². The maximum atomic E-state index is 12.1. The van der Waals surface area contributed by atoms with Crippen LogP contribution in [0.4, 0.5) is 0 Å². The third-order valence-corrected chi connectivity index (χ3v) is 3.71. The topological polar surface area (TPSA) is 89.1 Å². The Hall–Kier alpha value is -2.22. The molecule has 2 aromatic rings. The van der Waals surface area contributed by atoms with Gasteiger partial charge in [-0.25, -0.2) is 4.98 Å². The highest BCUT2D eigenvalue weighted by atomic mass is 16.5. The predicted molar refractivity (Wildman–Crippen MR) is 78.0 cm³/mol. The van der Waals surface area contributed by atoms with Gasteiger partial charge in [-0.05, 0) is 19.4 Å². The second kappa shape index (κ2) is 6.27. The number of carbonyl (C=O) groups is 1. The Balaban J connectivity index is 1.55. The van der Waals surface area contributed by atoms with E-state index in [9.17, 15) is 4.79 Å². The van der Waals surface area contributed by atoms with E-state index in [1.165, 1.54) is 0 Å². The van der Waals surface area contributed by atoms with Crippen LogP contribution in [0.15, 0.2) is 17.0 Å². The quantitative estimate of drug-likeness (QED) is 0.885. The van der Waals surface area contributed by atoms with E-state index in [0.717, 1.165) is 25.9 Å². The summed E-state index contributed by atoms with van der Waals surface area (Å²) < 4.78 is 6.75. The number of nitrogens with zero attached hydrogens (tertiary/aromatic N) is 5. The van der Waals surface area contributed by atoms with Crippen LogP contribution < -0.4 is 5.32 Å². The number of rotatable bonds is 4. The number of amides is 1. The molecule has 0 bridgehead atoms. The summed E-state index contributed by atoms with van der Waals surface area (Å²) in [6.45, 7) is 4.19. The van der Waals surface area contributed by atoms with Gasteiger partial charge in [0.25, 0.3) is 5.91 Å². The summed E-state index contributed by atoms with van der Waals surface area (Å²) in [5, 5.41) is 6.97. The van der Waals surface area contributed by atoms with Crippen LogP contribution in [0.25, 0.3) is 0 Å². The van der Waals surface area contributed by atoms with Crippen LogP contribution in [0.3, 0.4) is 0 Å². The fraction of sp³-hybridized carbons (Fsp3) is 0.571. The molecule has 8 heteroatoms. The van der Waals surface area contributed by atoms with E-state index >= 15 is 0 Å². The van der Waals surface area contributed by atoms with E-state index in [1.54, 1.807) is 24.0 Å². The highest BCUT2D eigenvalue weighted by Crippen LogP contribution is 2.13. The monoisotopic (exact) mass is 304 g/mol. The third kappa shape index (κ3) is 3.51. The summed E-state index contributed by atoms with van der Waals surface area (Å²) >= 11 is 0. The molecule has 1 fully saturated rings. The standard InChI is InChI=1S/C14H20N6O2/c1-10-16-13(18-22-10)8-20-5-3-4-11(6-20)17-14(21)12-7-19(2)9-15-12/h7,9,11H,3-6,8H2,1-2H3,(H,17,21). The van der Waals surface area contributed by atoms with E-state index in [2.05, 4.69) is 25.3 Å². The van der Waals surface area contributed by atoms with E-state index < -0.39 is 0 Å². The van der Waals surface area contributed by atoms with Crippen molar-refractivity contribution < 1.29 is 9.32 Å². The van der Waals surface area contributed by atoms with Crippen LogP contribution in [0, 0.1) is 6.92 Å². The first-order chi connectivity index (χ1) is 10.6. The van der Waals surface area contributed by atoms with Crippen LogP contribution in [-0.2, 0) is 13.6 Å². The lowest BCUT2D eigenvalue weighted by atomic mass is 10.1. The SMILES string of the molecule is Cc1nc(CN2CCCC(NC(=O)c3cn(C)cn3)C2)no1. The van der Waals surface area contributed by atoms with Gasteiger partial charge in [-0.2, -0.15) is 4.98 Å². The fourth-order valence-corrected chi connectivity index (χ4v) is 2.71. The summed E-state index contributed by atoms with van der Waals surface area (Å²) in [5.41, 5.74) is 0.452. The highest BCUT2D eigenvalue weighted by Gasteiger charge is 2.23. The van der Waals surface area contributed by atoms with Gasteiger partial charge in [-0.15, -0.1) is 0 Å². The minimum Gasteiger partial charge on any atom is -0.347 e. The number of likely N-dealkylation sites (tertiary alicyclic amines) is 1. The van der Waals surface area contributed by atoms with Crippen LogP contribution in [0.1, 0.15) is 35.0 Å². The molecule has 118 valence electrons. The number of hydrogen-bond acceptors (Lipinski definition) is 6. The Morgan fingerprint density at radius 2 is 2.41 bits per heavy atom. The Kier molecular flexibility index (Phi) is 4.19. The summed E-state index contributed by atoms with van der Waals surface area (Å²) in [6.07, 6.45) is 5.35. The van der Waals surface area contributed by atoms with Crippen molar-refractivity contribution in [3.63, 3.8) is 0 Å². The van der Waals surface area contributed by atoms with Crippen molar-refractivity contribution in [3.05, 3.63) is 29.9 Å². The van der Waals surface area contributed by atoms with Gasteiger partial charge in [0.2, 0.25) is 5.89 Å². The molecule has 2 aromatic heterocycles. The average molecular weight is 304 g/mol. The molecule has 0 saturated carbocycles. The number of nitrogens with one attached hydrogen (secondary N) is 1. The number of piperidine rings is 1. The van der Waals surface area contributed by atoms with Gasteiger partial charge in [0, 0.05) is 32.8 Å². The number of carbonyl (C=O) groups excluding carboxylic acids is 1. The molecule has 1 unspecified atom stereocenters. The molecule has 0 spiro atoms. The van der Waals surface area contributed by atoms with Gasteiger partial charge in [0.05, 0.1) is 12.9 Å². The zero-order valence-corrected chi connectivity index (χ0v) is 12.8. The minimum absolute atomic E-state index is 0.122. The molecule has 1 amide bonds. The number of hydrogen-bond donors (Lipinski definition) is 1. The molecule has 1 saturated heterocycles. The largest absolute Gasteiger partial charge is 0.347 e. The van der Waals surface area contributed by atoms with Crippen molar-refractivity contribution in [2.75, 3.05) is 13.1 Å². The maximum Gasteiger partial charge on any atom is 0.271 e. The first-order valence-electron chi connectivity index (χ1n) is 7.40. The maximum absolute atomic E-state index is 12.1. The van der Waals surface area contributed by atoms with Gasteiger partial charge in [-0.3, -0.25) is 9.69 Å². The van der Waals surface area contributed by atoms with E-state index in [0.29, 0.717) is 24.0 Å². The molecular weight excluding hydrogens is 284 g/mol. The Labute approximate surface area is 128 Å². The van der Waals surface area contributed by atoms with Crippen LogP contribution >= 0.6 is 0 Å². The van der Waals surface area contributed by atoms with Crippen molar-refractivity contribution >= 4 is 5.91 Å². The third-order valence-electron chi connectivity index (χ3n) is 3.71. The molecule has 0 radical (unpaired) electrons. The molecule has 3 heterocycles. The van der Waals surface area contributed by atoms with E-state index in [4.69, 9.17) is 4.52 Å². The average Bonchev–Trinajstić information content (AvgIpc) is 3.08. The molecule has 22 heavy (non-hydrogen) atoms. The molecule has 0 aliphatic carbocycles. The number of aryl methyl sites for hydroxylation is 2. The van der Waals surface area contributed by atoms with Crippen molar-refractivity contribution in [1.29, 1.82) is 0 Å². The molecule has 1 aliphatic rings. The lowest BCUT2D eigenvalue weighted by molar-refractivity contribution is 0.0894. The van der Waals surface area contributed by atoms with Crippen molar-refractivity contribution in [2.24, 2.45) is 7.05 Å². The first kappa shape index (κ1) is 14.7. The van der Waals surface area contributed by atoms with Gasteiger partial charge < -0.3 is 14.4 Å². The highest BCUT2D eigenvalue weighted by molar-refractivity contribution is 5.92. The zero-order chi connectivity index (χ0) is 15.5. The molecule has 1 atom stereocenters. The van der Waals surface area contributed by atoms with Crippen LogP contribution in [0.2, 0.25) is 0 Å². The molecular formula is C14H20N6O2. The smallest absolute Gasteiger partial charge is 0.271 e. The predicted octanol–water partition coefficient (Wildman–Crippen LogP) is 0.506. The van der Waals surface area contributed by atoms with Gasteiger partial charge in [-0.1, -0.05) is 5.16 Å². The van der Waals surface area contributed by atoms with Crippen LogP contribution in [0.5, 0.6) is 0 Å². The Morgan fingerprint density at radius 3 is 3.09 bits per heavy atom. The molecule has 1 N–H and O–H groups in total. The Morgan fingerprint density at radius 1 is 1.55 bits per heavy atom. The summed E-state index contributed by atoms with van der Waals surface area (Å²) in [4.78, 5) is 22.7. The lowest BCUT2D eigenvalue weighted by Crippen LogP contribution is -2.47. The van der Waals surface area contributed by atoms with Crippen molar-refractivity contribution in [1.82, 2.24) is 29.9 Å². The zero-order valence-electron chi connectivity index (χ0n) is 12.8. The normalized spacial score (nSPS) is 19.3. The number of imidazole rings is 1. The van der Waals surface area contributed by atoms with Crippen molar-refractivity contribution in [2.45, 2.75) is 32.4 Å². The van der Waals surface area contributed by atoms with E-state index in [-0.39, 0.29) is 11.9 Å². The Bertz CT molecular complexity index is 649. The van der Waals surface area contributed by atoms with Gasteiger partial charge >= 0.3 is 0 Å². The van der Waals surface area contributed by atoms with Crippen LogP contribution in [-0.4, -0.2) is 49.6 Å². The first-order valence-corrected chi connectivity index (χ1v) is 7.40. The summed E-state index contributed by atoms with van der Waals surface area (Å²) in [6, 6.07) is 0.122. The summed E-state index contributed by atoms with van der Waals surface area (Å²) in [7, 11) is 1.85. The number of aromatic nitrogens is 4. The summed E-state index contributed by atoms with van der Waals surface area (Å²) in [5.74, 6) is 1.14. The second-order valence-corrected chi connectivity index (χ2v) is 5.70. The minimum atomic E-state index is -0.122. The van der Waals surface area contributed by atoms with E-state index in [1.807, 2.05) is 7.05 Å². The lowest BCUT2D eigenvalue weighted by Gasteiger charge is -2.32. The fourth-order valence-electron chi connectivity index (χ4n) is 2.71. The molecule has 0 aromatic carbocycles. The van der Waals surface area contributed by atoms with Gasteiger partial charge in [0.15, 0.2) is 5.82 Å². The molecule has 1 aliphatic heterocycles. The second-order valence-electron chi connectivity index (χ2n) is 5.70. The molecule has 8 nitrogen and oxygen atoms in total. The molecule has 3 rings (SSSR count). The van der Waals surface area contributed by atoms with Gasteiger partial charge in [0.1, 0.15) is 5.69 Å².